The average molecular weight is 306 g/mol. The monoisotopic (exact) mass is 306 g/mol. The molecule has 0 bridgehead atoms. The van der Waals surface area contributed by atoms with E-state index in [-0.39, 0.29) is 0 Å². The van der Waals surface area contributed by atoms with Crippen LogP contribution in [0.1, 0.15) is 22.2 Å². The van der Waals surface area contributed by atoms with E-state index in [1.807, 2.05) is 6.07 Å². The molecule has 0 atom stereocenters. The Morgan fingerprint density at radius 2 is 2.10 bits per heavy atom. The van der Waals surface area contributed by atoms with Gasteiger partial charge in [-0.2, -0.15) is 0 Å². The van der Waals surface area contributed by atoms with Crippen LogP contribution in [0.15, 0.2) is 36.4 Å². The molecular weight excluding hydrogens is 291 g/mol. The molecule has 2 aromatic rings. The van der Waals surface area contributed by atoms with Gasteiger partial charge in [0.15, 0.2) is 0 Å². The van der Waals surface area contributed by atoms with Crippen LogP contribution in [0.25, 0.3) is 6.08 Å². The zero-order valence-electron chi connectivity index (χ0n) is 11.5. The predicted octanol–water partition coefficient (Wildman–Crippen LogP) is 4.13. The number of aliphatic carboxylic acids is 1. The highest BCUT2D eigenvalue weighted by Crippen LogP contribution is 2.22. The van der Waals surface area contributed by atoms with E-state index in [1.54, 1.807) is 17.4 Å². The summed E-state index contributed by atoms with van der Waals surface area (Å²) in [4.78, 5) is 12.8. The molecule has 5 heteroatoms. The van der Waals surface area contributed by atoms with Crippen LogP contribution in [0.5, 0.6) is 5.75 Å². The zero-order valence-corrected chi connectivity index (χ0v) is 12.3. The summed E-state index contributed by atoms with van der Waals surface area (Å²) in [5.41, 5.74) is 0.452. The number of carboxylic acids is 1. The lowest BCUT2D eigenvalue weighted by Gasteiger charge is -2.06. The lowest BCUT2D eigenvalue weighted by molar-refractivity contribution is -0.131. The molecule has 1 aromatic carbocycles. The minimum Gasteiger partial charge on any atom is -0.488 e. The number of hydrogen-bond acceptors (Lipinski definition) is 3. The Labute approximate surface area is 126 Å². The van der Waals surface area contributed by atoms with Gasteiger partial charge in [0.1, 0.15) is 18.2 Å². The molecule has 3 nitrogen and oxygen atoms in total. The van der Waals surface area contributed by atoms with Crippen LogP contribution in [0, 0.1) is 5.82 Å². The summed E-state index contributed by atoms with van der Waals surface area (Å²) in [6, 6.07) is 8.19. The smallest absolute Gasteiger partial charge is 0.328 e. The molecule has 1 heterocycles. The maximum atomic E-state index is 13.5. The minimum absolute atomic E-state index is 0.371. The second-order valence-electron chi connectivity index (χ2n) is 4.40. The van der Waals surface area contributed by atoms with Gasteiger partial charge in [-0.1, -0.05) is 6.92 Å². The Morgan fingerprint density at radius 1 is 1.33 bits per heavy atom. The summed E-state index contributed by atoms with van der Waals surface area (Å²) in [6.07, 6.45) is 3.28. The van der Waals surface area contributed by atoms with Crippen LogP contribution >= 0.6 is 11.3 Å². The maximum Gasteiger partial charge on any atom is 0.328 e. The third-order valence-corrected chi connectivity index (χ3v) is 3.96. The minimum atomic E-state index is -1.08. The molecule has 0 amide bonds. The van der Waals surface area contributed by atoms with Gasteiger partial charge in [-0.3, -0.25) is 0 Å². The molecule has 21 heavy (non-hydrogen) atoms. The standard InChI is InChI=1S/C16H15FO3S/c1-2-14-4-5-15(21-14)10-20-13-8-11(3-6-16(18)19)7-12(17)9-13/h3-9H,2,10H2,1H3,(H,18,19)/b6-3+. The van der Waals surface area contributed by atoms with Crippen molar-refractivity contribution in [2.45, 2.75) is 20.0 Å². The summed E-state index contributed by atoms with van der Waals surface area (Å²) in [5, 5.41) is 8.58. The number of carbonyl (C=O) groups is 1. The van der Waals surface area contributed by atoms with E-state index >= 15 is 0 Å². The van der Waals surface area contributed by atoms with Crippen molar-refractivity contribution >= 4 is 23.4 Å². The Bertz CT molecular complexity index is 661. The van der Waals surface area contributed by atoms with E-state index in [1.165, 1.54) is 23.1 Å². The quantitative estimate of drug-likeness (QED) is 0.816. The molecular formula is C16H15FO3S. The molecule has 0 aliphatic rings. The topological polar surface area (TPSA) is 46.5 Å². The molecule has 1 aromatic heterocycles. The molecule has 0 aliphatic heterocycles. The highest BCUT2D eigenvalue weighted by atomic mass is 32.1. The fourth-order valence-electron chi connectivity index (χ4n) is 1.78. The van der Waals surface area contributed by atoms with Gasteiger partial charge >= 0.3 is 5.97 Å². The fraction of sp³-hybridized carbons (Fsp3) is 0.188. The first-order valence-corrected chi connectivity index (χ1v) is 7.30. The summed E-state index contributed by atoms with van der Waals surface area (Å²) in [5.74, 6) is -1.16. The molecule has 0 unspecified atom stereocenters. The van der Waals surface area contributed by atoms with Crippen molar-refractivity contribution in [2.75, 3.05) is 0 Å². The second kappa shape index (κ2) is 7.04. The molecule has 0 saturated heterocycles. The van der Waals surface area contributed by atoms with Gasteiger partial charge in [0.2, 0.25) is 0 Å². The van der Waals surface area contributed by atoms with E-state index in [0.717, 1.165) is 17.4 Å². The van der Waals surface area contributed by atoms with Crippen molar-refractivity contribution in [1.82, 2.24) is 0 Å². The highest BCUT2D eigenvalue weighted by molar-refractivity contribution is 7.11. The van der Waals surface area contributed by atoms with Gasteiger partial charge in [-0.05, 0) is 42.3 Å². The normalized spacial score (nSPS) is 11.0. The number of carboxylic acid groups (broad SMARTS) is 1. The Kier molecular flexibility index (Phi) is 5.11. The van der Waals surface area contributed by atoms with Gasteiger partial charge in [-0.15, -0.1) is 11.3 Å². The Morgan fingerprint density at radius 3 is 2.76 bits per heavy atom. The largest absolute Gasteiger partial charge is 0.488 e. The van der Waals surface area contributed by atoms with Crippen molar-refractivity contribution in [1.29, 1.82) is 0 Å². The van der Waals surface area contributed by atoms with Gasteiger partial charge in [0, 0.05) is 21.9 Å². The molecule has 110 valence electrons. The van der Waals surface area contributed by atoms with Crippen molar-refractivity contribution < 1.29 is 19.0 Å². The highest BCUT2D eigenvalue weighted by Gasteiger charge is 2.03. The number of benzene rings is 1. The SMILES string of the molecule is CCc1ccc(COc2cc(F)cc(/C=C/C(=O)O)c2)s1. The lowest BCUT2D eigenvalue weighted by Crippen LogP contribution is -1.94. The molecule has 2 rings (SSSR count). The predicted molar refractivity (Wildman–Crippen MR) is 81.1 cm³/mol. The molecule has 1 N–H and O–H groups in total. The first-order chi connectivity index (χ1) is 10.1. The van der Waals surface area contributed by atoms with Crippen LogP contribution in [-0.2, 0) is 17.8 Å². The first kappa shape index (κ1) is 15.3. The first-order valence-electron chi connectivity index (χ1n) is 6.49. The number of aryl methyl sites for hydroxylation is 1. The Hall–Kier alpha value is -2.14. The molecule has 0 aliphatic carbocycles. The summed E-state index contributed by atoms with van der Waals surface area (Å²) in [7, 11) is 0. The van der Waals surface area contributed by atoms with Crippen LogP contribution in [0.3, 0.4) is 0 Å². The van der Waals surface area contributed by atoms with Crippen molar-refractivity contribution in [3.63, 3.8) is 0 Å². The van der Waals surface area contributed by atoms with Crippen molar-refractivity contribution in [3.8, 4) is 5.75 Å². The summed E-state index contributed by atoms with van der Waals surface area (Å²) < 4.78 is 19.0. The van der Waals surface area contributed by atoms with E-state index in [9.17, 15) is 9.18 Å². The molecule has 0 spiro atoms. The van der Waals surface area contributed by atoms with E-state index in [2.05, 4.69) is 13.0 Å². The number of hydrogen-bond donors (Lipinski definition) is 1. The number of halogens is 1. The second-order valence-corrected chi connectivity index (χ2v) is 5.65. The summed E-state index contributed by atoms with van der Waals surface area (Å²) in [6.45, 7) is 2.46. The van der Waals surface area contributed by atoms with Crippen LogP contribution in [-0.4, -0.2) is 11.1 Å². The van der Waals surface area contributed by atoms with Crippen molar-refractivity contribution in [2.24, 2.45) is 0 Å². The maximum absolute atomic E-state index is 13.5. The van der Waals surface area contributed by atoms with Crippen molar-refractivity contribution in [3.05, 3.63) is 57.5 Å². The van der Waals surface area contributed by atoms with Crippen LogP contribution in [0.2, 0.25) is 0 Å². The molecule has 0 radical (unpaired) electrons. The van der Waals surface area contributed by atoms with E-state index < -0.39 is 11.8 Å². The Balaban J connectivity index is 2.07. The number of thiophene rings is 1. The average Bonchev–Trinajstić information content (AvgIpc) is 2.90. The van der Waals surface area contributed by atoms with Gasteiger partial charge < -0.3 is 9.84 Å². The zero-order chi connectivity index (χ0) is 15.2. The summed E-state index contributed by atoms with van der Waals surface area (Å²) >= 11 is 1.66. The van der Waals surface area contributed by atoms with Gasteiger partial charge in [-0.25, -0.2) is 9.18 Å². The molecule has 0 fully saturated rings. The third-order valence-electron chi connectivity index (χ3n) is 2.76. The number of rotatable bonds is 6. The van der Waals surface area contributed by atoms with Gasteiger partial charge in [0.25, 0.3) is 0 Å². The van der Waals surface area contributed by atoms with E-state index in [0.29, 0.717) is 17.9 Å². The third kappa shape index (κ3) is 4.72. The van der Waals surface area contributed by atoms with Gasteiger partial charge in [0.05, 0.1) is 0 Å². The fourth-order valence-corrected chi connectivity index (χ4v) is 2.65. The molecule has 0 saturated carbocycles. The van der Waals surface area contributed by atoms with E-state index in [4.69, 9.17) is 9.84 Å². The lowest BCUT2D eigenvalue weighted by atomic mass is 10.2. The van der Waals surface area contributed by atoms with Crippen LogP contribution < -0.4 is 4.74 Å². The number of ether oxygens (including phenoxy) is 1. The van der Waals surface area contributed by atoms with Crippen LogP contribution in [0.4, 0.5) is 4.39 Å².